The molecule has 0 atom stereocenters. The second kappa shape index (κ2) is 5.54. The van der Waals surface area contributed by atoms with Gasteiger partial charge in [0.2, 0.25) is 0 Å². The van der Waals surface area contributed by atoms with Crippen LogP contribution in [0.1, 0.15) is 5.56 Å². The molecule has 5 nitrogen and oxygen atoms in total. The Hall–Kier alpha value is -2.61. The Balaban J connectivity index is 2.03. The Morgan fingerprint density at radius 1 is 1.04 bits per heavy atom. The number of benzene rings is 2. The summed E-state index contributed by atoms with van der Waals surface area (Å²) < 4.78 is 52.2. The maximum absolute atomic E-state index is 13.7. The van der Waals surface area contributed by atoms with Gasteiger partial charge in [0.15, 0.2) is 0 Å². The topological polar surface area (TPSA) is 64.8 Å². The van der Waals surface area contributed by atoms with Crippen molar-refractivity contribution in [2.75, 3.05) is 0 Å². The summed E-state index contributed by atoms with van der Waals surface area (Å²) >= 11 is 0. The molecule has 0 radical (unpaired) electrons. The van der Waals surface area contributed by atoms with Gasteiger partial charge in [-0.3, -0.25) is 0 Å². The molecule has 0 unspecified atom stereocenters. The smallest absolute Gasteiger partial charge is 0.207 e. The van der Waals surface area contributed by atoms with Gasteiger partial charge in [0, 0.05) is 11.6 Å². The van der Waals surface area contributed by atoms with Gasteiger partial charge in [-0.2, -0.15) is 8.42 Å². The maximum atomic E-state index is 13.7. The Kier molecular flexibility index (Phi) is 3.69. The first-order valence-electron chi connectivity index (χ1n) is 6.58. The van der Waals surface area contributed by atoms with Crippen molar-refractivity contribution in [2.24, 2.45) is 0 Å². The van der Waals surface area contributed by atoms with E-state index in [-0.39, 0.29) is 16.2 Å². The van der Waals surface area contributed by atoms with Crippen molar-refractivity contribution in [3.05, 3.63) is 65.9 Å². The third-order valence-corrected chi connectivity index (χ3v) is 4.78. The first kappa shape index (κ1) is 15.3. The molecule has 3 rings (SSSR count). The van der Waals surface area contributed by atoms with E-state index in [1.54, 1.807) is 12.1 Å². The normalized spacial score (nSPS) is 11.6. The quantitative estimate of drug-likeness (QED) is 0.738. The molecule has 0 N–H and O–H groups in total. The van der Waals surface area contributed by atoms with Crippen LogP contribution in [0.5, 0.6) is 0 Å². The van der Waals surface area contributed by atoms with E-state index in [0.717, 1.165) is 17.8 Å². The van der Waals surface area contributed by atoms with E-state index in [9.17, 15) is 17.2 Å². The Morgan fingerprint density at radius 2 is 1.74 bits per heavy atom. The number of hydrogen-bond donors (Lipinski definition) is 0. The molecule has 1 heterocycles. The standard InChI is InChI=1S/C15H11F2N3O2S/c1-10-2-5-12(6-3-10)23(21,22)20-9-15(18-19-20)13-7-4-11(16)8-14(13)17/h2-9H,1H3. The van der Waals surface area contributed by atoms with Crippen LogP contribution in [-0.4, -0.2) is 22.8 Å². The Morgan fingerprint density at radius 3 is 2.39 bits per heavy atom. The maximum Gasteiger partial charge on any atom is 0.284 e. The molecule has 3 aromatic rings. The van der Waals surface area contributed by atoms with Crippen molar-refractivity contribution in [1.29, 1.82) is 0 Å². The zero-order valence-corrected chi connectivity index (χ0v) is 12.8. The molecule has 0 fully saturated rings. The number of halogens is 2. The lowest BCUT2D eigenvalue weighted by atomic mass is 10.1. The molecule has 2 aromatic carbocycles. The van der Waals surface area contributed by atoms with E-state index in [0.29, 0.717) is 10.2 Å². The van der Waals surface area contributed by atoms with Gasteiger partial charge in [0.1, 0.15) is 17.3 Å². The van der Waals surface area contributed by atoms with Gasteiger partial charge in [-0.25, -0.2) is 8.78 Å². The third kappa shape index (κ3) is 2.85. The van der Waals surface area contributed by atoms with Gasteiger partial charge in [-0.05, 0) is 31.2 Å². The predicted octanol–water partition coefficient (Wildman–Crippen LogP) is 2.77. The highest BCUT2D eigenvalue weighted by molar-refractivity contribution is 7.89. The monoisotopic (exact) mass is 335 g/mol. The van der Waals surface area contributed by atoms with Gasteiger partial charge in [-0.15, -0.1) is 9.19 Å². The molecular formula is C15H11F2N3O2S. The fraction of sp³-hybridized carbons (Fsp3) is 0.0667. The fourth-order valence-electron chi connectivity index (χ4n) is 2.00. The van der Waals surface area contributed by atoms with E-state index in [4.69, 9.17) is 0 Å². The highest BCUT2D eigenvalue weighted by Crippen LogP contribution is 2.22. The molecule has 0 bridgehead atoms. The second-order valence-corrected chi connectivity index (χ2v) is 6.71. The minimum absolute atomic E-state index is 0.00168. The highest BCUT2D eigenvalue weighted by Gasteiger charge is 2.20. The van der Waals surface area contributed by atoms with Gasteiger partial charge in [0.25, 0.3) is 10.0 Å². The molecular weight excluding hydrogens is 324 g/mol. The summed E-state index contributed by atoms with van der Waals surface area (Å²) in [5.41, 5.74) is 0.881. The summed E-state index contributed by atoms with van der Waals surface area (Å²) in [5.74, 6) is -1.57. The number of hydrogen-bond acceptors (Lipinski definition) is 4. The number of aryl methyl sites for hydroxylation is 1. The van der Waals surface area contributed by atoms with Crippen LogP contribution in [0, 0.1) is 18.6 Å². The van der Waals surface area contributed by atoms with Crippen molar-refractivity contribution < 1.29 is 17.2 Å². The van der Waals surface area contributed by atoms with Crippen LogP contribution >= 0.6 is 0 Å². The first-order valence-corrected chi connectivity index (χ1v) is 8.02. The van der Waals surface area contributed by atoms with Crippen molar-refractivity contribution in [1.82, 2.24) is 14.4 Å². The number of nitrogens with zero attached hydrogens (tertiary/aromatic N) is 3. The number of rotatable bonds is 3. The Bertz CT molecular complexity index is 967. The minimum Gasteiger partial charge on any atom is -0.207 e. The van der Waals surface area contributed by atoms with E-state index >= 15 is 0 Å². The van der Waals surface area contributed by atoms with E-state index in [1.807, 2.05) is 6.92 Å². The molecule has 0 saturated carbocycles. The van der Waals surface area contributed by atoms with Crippen molar-refractivity contribution in [3.63, 3.8) is 0 Å². The summed E-state index contributed by atoms with van der Waals surface area (Å²) in [4.78, 5) is 0.0409. The Labute approximate surface area is 131 Å². The summed E-state index contributed by atoms with van der Waals surface area (Å²) in [6, 6.07) is 9.15. The first-order chi connectivity index (χ1) is 10.9. The van der Waals surface area contributed by atoms with Crippen LogP contribution in [-0.2, 0) is 10.0 Å². The second-order valence-electron chi connectivity index (χ2n) is 4.92. The van der Waals surface area contributed by atoms with Gasteiger partial charge >= 0.3 is 0 Å². The van der Waals surface area contributed by atoms with E-state index < -0.39 is 21.7 Å². The van der Waals surface area contributed by atoms with Crippen LogP contribution in [0.25, 0.3) is 11.3 Å². The van der Waals surface area contributed by atoms with Crippen LogP contribution in [0.15, 0.2) is 53.6 Å². The van der Waals surface area contributed by atoms with Crippen LogP contribution in [0.2, 0.25) is 0 Å². The van der Waals surface area contributed by atoms with Gasteiger partial charge in [0.05, 0.1) is 11.1 Å². The molecule has 8 heteroatoms. The van der Waals surface area contributed by atoms with Crippen molar-refractivity contribution in [2.45, 2.75) is 11.8 Å². The summed E-state index contributed by atoms with van der Waals surface area (Å²) in [6.07, 6.45) is 1.09. The van der Waals surface area contributed by atoms with E-state index in [2.05, 4.69) is 10.3 Å². The van der Waals surface area contributed by atoms with Crippen molar-refractivity contribution in [3.8, 4) is 11.3 Å². The highest BCUT2D eigenvalue weighted by atomic mass is 32.2. The third-order valence-electron chi connectivity index (χ3n) is 3.25. The molecule has 0 aliphatic heterocycles. The lowest BCUT2D eigenvalue weighted by Crippen LogP contribution is -2.13. The predicted molar refractivity (Wildman–Crippen MR) is 79.1 cm³/mol. The fourth-order valence-corrected chi connectivity index (χ4v) is 3.07. The SMILES string of the molecule is Cc1ccc(S(=O)(=O)n2cc(-c3ccc(F)cc3F)nn2)cc1. The minimum atomic E-state index is -3.92. The molecule has 0 aliphatic carbocycles. The molecule has 23 heavy (non-hydrogen) atoms. The molecule has 0 saturated heterocycles. The van der Waals surface area contributed by atoms with E-state index in [1.165, 1.54) is 18.2 Å². The summed E-state index contributed by atoms with van der Waals surface area (Å²) in [7, 11) is -3.92. The molecule has 0 amide bonds. The average Bonchev–Trinajstić information content (AvgIpc) is 2.98. The van der Waals surface area contributed by atoms with Gasteiger partial charge in [-0.1, -0.05) is 22.9 Å². The summed E-state index contributed by atoms with van der Waals surface area (Å²) in [5, 5.41) is 7.20. The lowest BCUT2D eigenvalue weighted by Gasteiger charge is -2.03. The molecule has 1 aromatic heterocycles. The number of aromatic nitrogens is 3. The van der Waals surface area contributed by atoms with Crippen LogP contribution in [0.3, 0.4) is 0 Å². The summed E-state index contributed by atoms with van der Waals surface area (Å²) in [6.45, 7) is 1.83. The lowest BCUT2D eigenvalue weighted by molar-refractivity contribution is 0.577. The molecule has 118 valence electrons. The average molecular weight is 335 g/mol. The van der Waals surface area contributed by atoms with Crippen molar-refractivity contribution >= 4 is 10.0 Å². The zero-order chi connectivity index (χ0) is 16.6. The largest absolute Gasteiger partial charge is 0.284 e. The van der Waals surface area contributed by atoms with Crippen LogP contribution < -0.4 is 0 Å². The van der Waals surface area contributed by atoms with Gasteiger partial charge < -0.3 is 0 Å². The zero-order valence-electron chi connectivity index (χ0n) is 11.9. The molecule has 0 aliphatic rings. The van der Waals surface area contributed by atoms with Crippen LogP contribution in [0.4, 0.5) is 8.78 Å². The molecule has 0 spiro atoms.